The zero-order valence-corrected chi connectivity index (χ0v) is 31.9. The molecule has 0 atom stereocenters. The minimum absolute atomic E-state index is 0.204. The van der Waals surface area contributed by atoms with Crippen LogP contribution in [0.1, 0.15) is 199 Å². The van der Waals surface area contributed by atoms with Crippen molar-refractivity contribution in [3.63, 3.8) is 0 Å². The van der Waals surface area contributed by atoms with Crippen molar-refractivity contribution >= 4 is 18.2 Å². The normalized spacial score (nSPS) is 11.8. The largest absolute Gasteiger partial charge is 0.462 e. The Kier molecular flexibility index (Phi) is 30.7. The number of unbranched alkanes of at least 4 members (excludes halogenated alkanes) is 18. The number of rotatable bonds is 33. The SMILES string of the molecule is CCCCC/C=C\C/C=C\CCCCCCCCOC(=O)c1cc(C=O)cc(C(=O)OCCCCCCCC/C=C\C/C=C\CCCCC)c1. The van der Waals surface area contributed by atoms with Gasteiger partial charge in [0.25, 0.3) is 0 Å². The van der Waals surface area contributed by atoms with E-state index in [1.54, 1.807) is 0 Å². The lowest BCUT2D eigenvalue weighted by atomic mass is 10.1. The highest BCUT2D eigenvalue weighted by molar-refractivity contribution is 5.97. The lowest BCUT2D eigenvalue weighted by Crippen LogP contribution is -2.11. The summed E-state index contributed by atoms with van der Waals surface area (Å²) in [6.07, 6.45) is 46.5. The van der Waals surface area contributed by atoms with Gasteiger partial charge in [0.05, 0.1) is 24.3 Å². The first-order valence-electron chi connectivity index (χ1n) is 20.2. The van der Waals surface area contributed by atoms with Crippen molar-refractivity contribution in [1.29, 1.82) is 0 Å². The van der Waals surface area contributed by atoms with Crippen LogP contribution in [0.2, 0.25) is 0 Å². The van der Waals surface area contributed by atoms with Crippen molar-refractivity contribution in [3.05, 3.63) is 83.5 Å². The molecule has 1 aromatic rings. The molecule has 280 valence electrons. The molecule has 0 aliphatic heterocycles. The summed E-state index contributed by atoms with van der Waals surface area (Å²) in [6, 6.07) is 4.40. The Hall–Kier alpha value is -3.21. The number of carbonyl (C=O) groups is 3. The molecule has 0 unspecified atom stereocenters. The topological polar surface area (TPSA) is 69.7 Å². The minimum Gasteiger partial charge on any atom is -0.462 e. The fourth-order valence-electron chi connectivity index (χ4n) is 5.63. The molecule has 1 aromatic carbocycles. The third-order valence-electron chi connectivity index (χ3n) is 8.72. The first-order chi connectivity index (χ1) is 24.6. The number of esters is 2. The van der Waals surface area contributed by atoms with Gasteiger partial charge < -0.3 is 9.47 Å². The molecule has 0 bridgehead atoms. The molecule has 0 heterocycles. The van der Waals surface area contributed by atoms with Crippen LogP contribution in [0.3, 0.4) is 0 Å². The summed E-state index contributed by atoms with van der Waals surface area (Å²) in [6.45, 7) is 5.12. The quantitative estimate of drug-likeness (QED) is 0.0318. The highest BCUT2D eigenvalue weighted by Gasteiger charge is 2.15. The van der Waals surface area contributed by atoms with Gasteiger partial charge in [-0.2, -0.15) is 0 Å². The smallest absolute Gasteiger partial charge is 0.338 e. The number of benzene rings is 1. The second kappa shape index (κ2) is 34.2. The number of allylic oxidation sites excluding steroid dienone is 8. The lowest BCUT2D eigenvalue weighted by Gasteiger charge is -2.09. The van der Waals surface area contributed by atoms with Gasteiger partial charge in [-0.25, -0.2) is 9.59 Å². The summed E-state index contributed by atoms with van der Waals surface area (Å²) in [7, 11) is 0. The van der Waals surface area contributed by atoms with E-state index in [0.29, 0.717) is 19.5 Å². The van der Waals surface area contributed by atoms with Crippen LogP contribution in [0.15, 0.2) is 66.8 Å². The van der Waals surface area contributed by atoms with Crippen molar-refractivity contribution in [2.24, 2.45) is 0 Å². The summed E-state index contributed by atoms with van der Waals surface area (Å²) in [5, 5.41) is 0. The third kappa shape index (κ3) is 26.6. The average molecular weight is 691 g/mol. The monoisotopic (exact) mass is 691 g/mol. The van der Waals surface area contributed by atoms with Crippen LogP contribution in [-0.2, 0) is 9.47 Å². The Bertz CT molecular complexity index is 1030. The van der Waals surface area contributed by atoms with Crippen LogP contribution in [0.4, 0.5) is 0 Å². The van der Waals surface area contributed by atoms with Gasteiger partial charge in [-0.15, -0.1) is 0 Å². The Labute approximate surface area is 306 Å². The van der Waals surface area contributed by atoms with E-state index in [1.807, 2.05) is 0 Å². The van der Waals surface area contributed by atoms with E-state index in [9.17, 15) is 14.4 Å². The van der Waals surface area contributed by atoms with Gasteiger partial charge in [0.2, 0.25) is 0 Å². The number of ether oxygens (including phenoxy) is 2. The molecule has 0 aromatic heterocycles. The van der Waals surface area contributed by atoms with Crippen molar-refractivity contribution in [1.82, 2.24) is 0 Å². The van der Waals surface area contributed by atoms with Crippen LogP contribution in [0.5, 0.6) is 0 Å². The van der Waals surface area contributed by atoms with Gasteiger partial charge in [0, 0.05) is 5.56 Å². The van der Waals surface area contributed by atoms with Gasteiger partial charge in [-0.1, -0.05) is 140 Å². The molecule has 0 saturated heterocycles. The van der Waals surface area contributed by atoms with Crippen molar-refractivity contribution < 1.29 is 23.9 Å². The van der Waals surface area contributed by atoms with Gasteiger partial charge in [0.1, 0.15) is 6.29 Å². The van der Waals surface area contributed by atoms with Crippen LogP contribution < -0.4 is 0 Å². The van der Waals surface area contributed by atoms with Crippen LogP contribution >= 0.6 is 0 Å². The molecule has 50 heavy (non-hydrogen) atoms. The number of hydrogen-bond acceptors (Lipinski definition) is 5. The predicted molar refractivity (Wildman–Crippen MR) is 211 cm³/mol. The average Bonchev–Trinajstić information content (AvgIpc) is 3.13. The van der Waals surface area contributed by atoms with E-state index in [4.69, 9.17) is 9.47 Å². The maximum absolute atomic E-state index is 12.7. The third-order valence-corrected chi connectivity index (χ3v) is 8.72. The maximum Gasteiger partial charge on any atom is 0.338 e. The molecule has 0 saturated carbocycles. The Morgan fingerprint density at radius 1 is 0.460 bits per heavy atom. The molecule has 0 N–H and O–H groups in total. The Morgan fingerprint density at radius 2 is 0.800 bits per heavy atom. The first kappa shape index (κ1) is 44.8. The first-order valence-corrected chi connectivity index (χ1v) is 20.2. The molecular weight excluding hydrogens is 620 g/mol. The fourth-order valence-corrected chi connectivity index (χ4v) is 5.63. The highest BCUT2D eigenvalue weighted by atomic mass is 16.5. The number of carbonyl (C=O) groups excluding carboxylic acids is 3. The molecule has 0 radical (unpaired) electrons. The van der Waals surface area contributed by atoms with Gasteiger partial charge in [-0.3, -0.25) is 4.79 Å². The van der Waals surface area contributed by atoms with Crippen molar-refractivity contribution in [3.8, 4) is 0 Å². The molecular formula is C45H70O5. The summed E-state index contributed by atoms with van der Waals surface area (Å²) in [5.74, 6) is -1.04. The zero-order valence-electron chi connectivity index (χ0n) is 31.9. The standard InChI is InChI=1S/C45H70O5/c1-3-5-7-9-11-13-15-17-19-21-23-25-27-29-31-33-35-49-44(47)42-37-41(40-46)38-43(39-42)45(48)50-36-34-32-30-28-26-24-22-20-18-16-14-12-10-8-6-4-2/h11-14,17-20,37-40H,3-10,15-16,21-36H2,1-2H3/b13-11-,14-12-,19-17-,20-18-. The van der Waals surface area contributed by atoms with E-state index in [2.05, 4.69) is 62.5 Å². The zero-order chi connectivity index (χ0) is 36.2. The number of hydrogen-bond donors (Lipinski definition) is 0. The molecule has 0 aliphatic carbocycles. The minimum atomic E-state index is -0.518. The van der Waals surface area contributed by atoms with Gasteiger partial charge >= 0.3 is 11.9 Å². The molecule has 0 spiro atoms. The Balaban J connectivity index is 2.14. The lowest BCUT2D eigenvalue weighted by molar-refractivity contribution is 0.0496. The van der Waals surface area contributed by atoms with E-state index in [0.717, 1.165) is 64.2 Å². The second-order valence-electron chi connectivity index (χ2n) is 13.4. The van der Waals surface area contributed by atoms with E-state index < -0.39 is 11.9 Å². The van der Waals surface area contributed by atoms with Gasteiger partial charge in [0.15, 0.2) is 0 Å². The molecule has 5 heteroatoms. The maximum atomic E-state index is 12.7. The number of aldehydes is 1. The summed E-state index contributed by atoms with van der Waals surface area (Å²) in [5.41, 5.74) is 0.666. The van der Waals surface area contributed by atoms with E-state index in [-0.39, 0.29) is 16.7 Å². The molecule has 0 amide bonds. The summed E-state index contributed by atoms with van der Waals surface area (Å²) in [4.78, 5) is 36.8. The molecule has 0 fully saturated rings. The van der Waals surface area contributed by atoms with E-state index in [1.165, 1.54) is 108 Å². The van der Waals surface area contributed by atoms with E-state index >= 15 is 0 Å². The molecule has 5 nitrogen and oxygen atoms in total. The van der Waals surface area contributed by atoms with Crippen LogP contribution in [0, 0.1) is 0 Å². The Morgan fingerprint density at radius 3 is 1.16 bits per heavy atom. The van der Waals surface area contributed by atoms with Crippen LogP contribution in [-0.4, -0.2) is 31.4 Å². The summed E-state index contributed by atoms with van der Waals surface area (Å²) >= 11 is 0. The van der Waals surface area contributed by atoms with Crippen molar-refractivity contribution in [2.75, 3.05) is 13.2 Å². The summed E-state index contributed by atoms with van der Waals surface area (Å²) < 4.78 is 10.9. The van der Waals surface area contributed by atoms with Gasteiger partial charge in [-0.05, 0) is 95.2 Å². The molecule has 1 rings (SSSR count). The van der Waals surface area contributed by atoms with Crippen molar-refractivity contribution in [2.45, 2.75) is 168 Å². The highest BCUT2D eigenvalue weighted by Crippen LogP contribution is 2.15. The second-order valence-corrected chi connectivity index (χ2v) is 13.4. The molecule has 0 aliphatic rings. The predicted octanol–water partition coefficient (Wildman–Crippen LogP) is 13.4. The fraction of sp³-hybridized carbons (Fsp3) is 0.622. The van der Waals surface area contributed by atoms with Crippen LogP contribution in [0.25, 0.3) is 0 Å².